The average molecular weight is 185 g/mol. The summed E-state index contributed by atoms with van der Waals surface area (Å²) in [6.07, 6.45) is 4.86. The third-order valence-corrected chi connectivity index (χ3v) is 3.07. The molecular formula is C11H23NO. The van der Waals surface area contributed by atoms with Gasteiger partial charge in [-0.15, -0.1) is 0 Å². The quantitative estimate of drug-likeness (QED) is 0.661. The molecule has 1 heterocycles. The van der Waals surface area contributed by atoms with Crippen LogP contribution in [0.15, 0.2) is 0 Å². The van der Waals surface area contributed by atoms with Crippen LogP contribution in [0.5, 0.6) is 0 Å². The molecule has 1 aliphatic rings. The van der Waals surface area contributed by atoms with Crippen LogP contribution < -0.4 is 0 Å². The molecule has 0 aromatic heterocycles. The van der Waals surface area contributed by atoms with E-state index >= 15 is 0 Å². The summed E-state index contributed by atoms with van der Waals surface area (Å²) in [4.78, 5) is 2.56. The predicted molar refractivity (Wildman–Crippen MR) is 55.8 cm³/mol. The van der Waals surface area contributed by atoms with Gasteiger partial charge in [-0.25, -0.2) is 0 Å². The molecule has 1 unspecified atom stereocenters. The topological polar surface area (TPSA) is 23.5 Å². The summed E-state index contributed by atoms with van der Waals surface area (Å²) in [6.45, 7) is 7.47. The Morgan fingerprint density at radius 2 is 2.15 bits per heavy atom. The Labute approximate surface area is 81.9 Å². The van der Waals surface area contributed by atoms with Crippen LogP contribution in [0, 0.1) is 5.92 Å². The number of hydrogen-bond donors (Lipinski definition) is 1. The van der Waals surface area contributed by atoms with Crippen molar-refractivity contribution in [3.8, 4) is 0 Å². The first-order valence-electron chi connectivity index (χ1n) is 5.59. The molecule has 1 aliphatic heterocycles. The van der Waals surface area contributed by atoms with Crippen molar-refractivity contribution in [1.29, 1.82) is 0 Å². The monoisotopic (exact) mass is 185 g/mol. The highest BCUT2D eigenvalue weighted by Gasteiger charge is 2.23. The van der Waals surface area contributed by atoms with Crippen molar-refractivity contribution in [3.63, 3.8) is 0 Å². The van der Waals surface area contributed by atoms with E-state index in [-0.39, 0.29) is 0 Å². The largest absolute Gasteiger partial charge is 0.396 e. The lowest BCUT2D eigenvalue weighted by Crippen LogP contribution is -2.28. The normalized spacial score (nSPS) is 24.5. The highest BCUT2D eigenvalue weighted by atomic mass is 16.2. The van der Waals surface area contributed by atoms with E-state index < -0.39 is 0 Å². The number of nitrogens with zero attached hydrogens (tertiary/aromatic N) is 1. The molecule has 1 atom stereocenters. The highest BCUT2D eigenvalue weighted by Crippen LogP contribution is 2.22. The minimum Gasteiger partial charge on any atom is -0.396 e. The lowest BCUT2D eigenvalue weighted by atomic mass is 10.0. The van der Waals surface area contributed by atoms with E-state index in [2.05, 4.69) is 18.7 Å². The summed E-state index contributed by atoms with van der Waals surface area (Å²) in [6, 6.07) is 0.711. The van der Waals surface area contributed by atoms with Crippen molar-refractivity contribution in [3.05, 3.63) is 0 Å². The van der Waals surface area contributed by atoms with E-state index in [1.54, 1.807) is 0 Å². The Hall–Kier alpha value is -0.0800. The van der Waals surface area contributed by atoms with E-state index in [0.29, 0.717) is 12.6 Å². The zero-order chi connectivity index (χ0) is 9.68. The molecule has 1 saturated heterocycles. The second kappa shape index (κ2) is 5.61. The van der Waals surface area contributed by atoms with Crippen LogP contribution in [0.2, 0.25) is 0 Å². The number of aliphatic hydroxyl groups is 1. The SMILES string of the molecule is CC(C)N1CCC(CCCCO)C1. The third kappa shape index (κ3) is 3.65. The van der Waals surface area contributed by atoms with Gasteiger partial charge < -0.3 is 10.0 Å². The van der Waals surface area contributed by atoms with E-state index in [1.807, 2.05) is 0 Å². The molecule has 0 bridgehead atoms. The summed E-state index contributed by atoms with van der Waals surface area (Å²) in [5.74, 6) is 0.897. The fraction of sp³-hybridized carbons (Fsp3) is 1.00. The zero-order valence-corrected chi connectivity index (χ0v) is 9.00. The van der Waals surface area contributed by atoms with Crippen molar-refractivity contribution in [2.24, 2.45) is 5.92 Å². The van der Waals surface area contributed by atoms with Crippen molar-refractivity contribution < 1.29 is 5.11 Å². The van der Waals surface area contributed by atoms with E-state index in [0.717, 1.165) is 12.3 Å². The molecule has 1 N–H and O–H groups in total. The van der Waals surface area contributed by atoms with Gasteiger partial charge in [0.1, 0.15) is 0 Å². The summed E-state index contributed by atoms with van der Waals surface area (Å²) < 4.78 is 0. The van der Waals surface area contributed by atoms with Crippen LogP contribution in [0.3, 0.4) is 0 Å². The van der Waals surface area contributed by atoms with Gasteiger partial charge in [0, 0.05) is 19.2 Å². The molecule has 0 amide bonds. The van der Waals surface area contributed by atoms with Crippen LogP contribution in [0.1, 0.15) is 39.5 Å². The number of likely N-dealkylation sites (tertiary alicyclic amines) is 1. The van der Waals surface area contributed by atoms with Crippen molar-refractivity contribution in [2.45, 2.75) is 45.6 Å². The Kier molecular flexibility index (Phi) is 4.74. The molecule has 0 aromatic rings. The first-order chi connectivity index (χ1) is 6.24. The molecule has 0 aliphatic carbocycles. The van der Waals surface area contributed by atoms with Gasteiger partial charge in [0.2, 0.25) is 0 Å². The lowest BCUT2D eigenvalue weighted by Gasteiger charge is -2.20. The molecule has 1 rings (SSSR count). The second-order valence-electron chi connectivity index (χ2n) is 4.46. The molecule has 2 nitrogen and oxygen atoms in total. The highest BCUT2D eigenvalue weighted by molar-refractivity contribution is 4.77. The standard InChI is InChI=1S/C11H23NO/c1-10(2)12-7-6-11(9-12)5-3-4-8-13/h10-11,13H,3-9H2,1-2H3. The van der Waals surface area contributed by atoms with Gasteiger partial charge in [-0.1, -0.05) is 6.42 Å². The first kappa shape index (κ1) is 11.0. The first-order valence-corrected chi connectivity index (χ1v) is 5.59. The van der Waals surface area contributed by atoms with Crippen molar-refractivity contribution in [2.75, 3.05) is 19.7 Å². The Morgan fingerprint density at radius 1 is 1.38 bits per heavy atom. The summed E-state index contributed by atoms with van der Waals surface area (Å²) in [5, 5.41) is 8.67. The average Bonchev–Trinajstić information content (AvgIpc) is 2.53. The van der Waals surface area contributed by atoms with Crippen molar-refractivity contribution in [1.82, 2.24) is 4.90 Å². The summed E-state index contributed by atoms with van der Waals surface area (Å²) in [5.41, 5.74) is 0. The van der Waals surface area contributed by atoms with Gasteiger partial charge in [0.05, 0.1) is 0 Å². The fourth-order valence-corrected chi connectivity index (χ4v) is 2.11. The predicted octanol–water partition coefficient (Wildman–Crippen LogP) is 1.88. The van der Waals surface area contributed by atoms with Crippen LogP contribution in [-0.2, 0) is 0 Å². The van der Waals surface area contributed by atoms with Gasteiger partial charge in [-0.2, -0.15) is 0 Å². The van der Waals surface area contributed by atoms with Crippen molar-refractivity contribution >= 4 is 0 Å². The summed E-state index contributed by atoms with van der Waals surface area (Å²) >= 11 is 0. The van der Waals surface area contributed by atoms with Crippen LogP contribution in [0.4, 0.5) is 0 Å². The molecule has 0 spiro atoms. The Morgan fingerprint density at radius 3 is 2.69 bits per heavy atom. The maximum Gasteiger partial charge on any atom is 0.0431 e. The second-order valence-corrected chi connectivity index (χ2v) is 4.46. The lowest BCUT2D eigenvalue weighted by molar-refractivity contribution is 0.256. The fourth-order valence-electron chi connectivity index (χ4n) is 2.11. The van der Waals surface area contributed by atoms with Gasteiger partial charge in [-0.05, 0) is 45.6 Å². The molecule has 78 valence electrons. The van der Waals surface area contributed by atoms with Gasteiger partial charge in [-0.3, -0.25) is 0 Å². The van der Waals surface area contributed by atoms with Gasteiger partial charge in [0.25, 0.3) is 0 Å². The number of unbranched alkanes of at least 4 members (excludes halogenated alkanes) is 1. The van der Waals surface area contributed by atoms with E-state index in [4.69, 9.17) is 5.11 Å². The van der Waals surface area contributed by atoms with E-state index in [1.165, 1.54) is 32.4 Å². The molecule has 0 radical (unpaired) electrons. The molecule has 13 heavy (non-hydrogen) atoms. The maximum absolute atomic E-state index is 8.67. The van der Waals surface area contributed by atoms with Gasteiger partial charge in [0.15, 0.2) is 0 Å². The number of rotatable bonds is 5. The third-order valence-electron chi connectivity index (χ3n) is 3.07. The molecule has 1 fully saturated rings. The van der Waals surface area contributed by atoms with Crippen LogP contribution >= 0.6 is 0 Å². The molecule has 0 saturated carbocycles. The minimum absolute atomic E-state index is 0.362. The molecular weight excluding hydrogens is 162 g/mol. The smallest absolute Gasteiger partial charge is 0.0431 e. The van der Waals surface area contributed by atoms with E-state index in [9.17, 15) is 0 Å². The number of hydrogen-bond acceptors (Lipinski definition) is 2. The molecule has 2 heteroatoms. The van der Waals surface area contributed by atoms with Crippen LogP contribution in [-0.4, -0.2) is 35.7 Å². The van der Waals surface area contributed by atoms with Crippen LogP contribution in [0.25, 0.3) is 0 Å². The molecule has 0 aromatic carbocycles. The number of aliphatic hydroxyl groups excluding tert-OH is 1. The summed E-state index contributed by atoms with van der Waals surface area (Å²) in [7, 11) is 0. The Bertz CT molecular complexity index is 136. The van der Waals surface area contributed by atoms with Gasteiger partial charge >= 0.3 is 0 Å². The zero-order valence-electron chi connectivity index (χ0n) is 9.00. The Balaban J connectivity index is 2.10. The minimum atomic E-state index is 0.362. The maximum atomic E-state index is 8.67.